The lowest BCUT2D eigenvalue weighted by Crippen LogP contribution is -2.49. The minimum absolute atomic E-state index is 0.0680. The summed E-state index contributed by atoms with van der Waals surface area (Å²) in [6, 6.07) is 5.48. The van der Waals surface area contributed by atoms with Crippen molar-refractivity contribution < 1.29 is 34.4 Å². The van der Waals surface area contributed by atoms with Crippen molar-refractivity contribution in [3.05, 3.63) is 68.9 Å². The molecule has 1 aromatic carbocycles. The van der Waals surface area contributed by atoms with Crippen molar-refractivity contribution in [1.29, 1.82) is 0 Å². The Bertz CT molecular complexity index is 1400. The van der Waals surface area contributed by atoms with E-state index in [1.165, 1.54) is 34.4 Å². The number of benzene rings is 1. The monoisotopic (exact) mass is 568 g/mol. The van der Waals surface area contributed by atoms with Gasteiger partial charge in [0.25, 0.3) is 5.91 Å². The average molecular weight is 569 g/mol. The second-order valence-corrected chi connectivity index (χ2v) is 10.7. The van der Waals surface area contributed by atoms with Crippen LogP contribution in [0, 0.1) is 20.8 Å². The molecule has 2 aromatic heterocycles. The summed E-state index contributed by atoms with van der Waals surface area (Å²) in [5.74, 6) is -2.52. The van der Waals surface area contributed by atoms with E-state index in [0.29, 0.717) is 41.2 Å². The lowest BCUT2D eigenvalue weighted by Gasteiger charge is -2.28. The number of nitrogens with one attached hydrogen (secondary N) is 1. The first kappa shape index (κ1) is 29.0. The number of aryl methyl sites for hydroxylation is 3. The van der Waals surface area contributed by atoms with Crippen molar-refractivity contribution in [3.63, 3.8) is 0 Å². The zero-order valence-electron chi connectivity index (χ0n) is 22.5. The molecule has 0 spiro atoms. The van der Waals surface area contributed by atoms with Gasteiger partial charge in [0.05, 0.1) is 22.8 Å². The van der Waals surface area contributed by atoms with E-state index < -0.39 is 36.0 Å². The lowest BCUT2D eigenvalue weighted by atomic mass is 10.1. The molecule has 1 aliphatic heterocycles. The van der Waals surface area contributed by atoms with E-state index in [1.54, 1.807) is 24.4 Å². The van der Waals surface area contributed by atoms with Crippen LogP contribution in [0.3, 0.4) is 0 Å². The van der Waals surface area contributed by atoms with Gasteiger partial charge in [-0.3, -0.25) is 19.6 Å². The van der Waals surface area contributed by atoms with Gasteiger partial charge >= 0.3 is 5.97 Å². The van der Waals surface area contributed by atoms with E-state index in [1.807, 2.05) is 13.8 Å². The molecule has 3 heterocycles. The van der Waals surface area contributed by atoms with Crippen molar-refractivity contribution in [2.24, 2.45) is 0 Å². The summed E-state index contributed by atoms with van der Waals surface area (Å²) in [5, 5.41) is 34.1. The number of hydrogen-bond donors (Lipinski definition) is 4. The van der Waals surface area contributed by atoms with Crippen molar-refractivity contribution in [2.45, 2.75) is 64.8 Å². The largest absolute Gasteiger partial charge is 0.504 e. The van der Waals surface area contributed by atoms with Crippen LogP contribution in [0.4, 0.5) is 0 Å². The Kier molecular flexibility index (Phi) is 9.00. The van der Waals surface area contributed by atoms with Crippen molar-refractivity contribution in [2.75, 3.05) is 6.54 Å². The van der Waals surface area contributed by atoms with Crippen LogP contribution in [0.1, 0.15) is 52.1 Å². The van der Waals surface area contributed by atoms with Gasteiger partial charge in [0.1, 0.15) is 24.8 Å². The van der Waals surface area contributed by atoms with Crippen LogP contribution in [-0.2, 0) is 32.1 Å². The van der Waals surface area contributed by atoms with Gasteiger partial charge in [-0.15, -0.1) is 11.3 Å². The Morgan fingerprint density at radius 3 is 2.55 bits per heavy atom. The number of nitrogens with zero attached hydrogens (tertiary/aromatic N) is 3. The molecule has 3 unspecified atom stereocenters. The third kappa shape index (κ3) is 6.57. The second-order valence-electron chi connectivity index (χ2n) is 9.72. The summed E-state index contributed by atoms with van der Waals surface area (Å²) in [6.07, 6.45) is -0.669. The number of carbonyl (C=O) groups excluding carboxylic acids is 3. The highest BCUT2D eigenvalue weighted by Crippen LogP contribution is 2.28. The van der Waals surface area contributed by atoms with E-state index in [-0.39, 0.29) is 24.5 Å². The molecule has 1 saturated heterocycles. The number of phenolic OH excluding ortho intramolecular Hbond substituents is 2. The van der Waals surface area contributed by atoms with Crippen molar-refractivity contribution in [1.82, 2.24) is 20.2 Å². The first-order chi connectivity index (χ1) is 19.0. The molecule has 11 nitrogen and oxygen atoms in total. The highest BCUT2D eigenvalue weighted by Gasteiger charge is 2.40. The van der Waals surface area contributed by atoms with Crippen LogP contribution in [0.15, 0.2) is 35.7 Å². The number of thiophene rings is 1. The van der Waals surface area contributed by atoms with Crippen LogP contribution in [0.25, 0.3) is 0 Å². The maximum atomic E-state index is 13.7. The van der Waals surface area contributed by atoms with Crippen LogP contribution < -0.4 is 5.32 Å². The summed E-state index contributed by atoms with van der Waals surface area (Å²) >= 11 is 1.26. The van der Waals surface area contributed by atoms with Gasteiger partial charge in [-0.05, 0) is 62.8 Å². The molecule has 0 radical (unpaired) electrons. The number of rotatable bonds is 9. The number of carbonyl (C=O) groups is 3. The smallest absolute Gasteiger partial charge is 0.329 e. The Hall–Kier alpha value is -4.03. The van der Waals surface area contributed by atoms with E-state index in [2.05, 4.69) is 15.3 Å². The summed E-state index contributed by atoms with van der Waals surface area (Å²) in [6.45, 7) is 5.72. The van der Waals surface area contributed by atoms with Crippen molar-refractivity contribution >= 4 is 29.1 Å². The maximum absolute atomic E-state index is 13.7. The van der Waals surface area contributed by atoms with Gasteiger partial charge in [0.15, 0.2) is 11.5 Å². The number of aliphatic hydroxyl groups is 1. The number of phenols is 2. The summed E-state index contributed by atoms with van der Waals surface area (Å²) in [5.41, 5.74) is 3.17. The predicted molar refractivity (Wildman–Crippen MR) is 145 cm³/mol. The average Bonchev–Trinajstić information content (AvgIpc) is 3.63. The normalized spacial score (nSPS) is 16.4. The standard InChI is InChI=1S/C28H32N4O7S/c1-15-16(2)30-19(17(3)29-15)14-39-28(38)20-6-4-10-32(20)27(37)25(24-7-5-11-40-24)31-26(36)23(35)13-18-8-9-21(33)22(34)12-18/h5,7-9,11-12,20,23,25,33-35H,4,6,10,13-14H2,1-3H3,(H,31,36). The Labute approximate surface area is 235 Å². The molecule has 1 aliphatic rings. The van der Waals surface area contributed by atoms with Gasteiger partial charge in [-0.25, -0.2) is 4.79 Å². The number of aromatic hydroxyl groups is 2. The van der Waals surface area contributed by atoms with Gasteiger partial charge in [-0.1, -0.05) is 12.1 Å². The molecular weight excluding hydrogens is 536 g/mol. The molecule has 3 aromatic rings. The number of amides is 2. The first-order valence-corrected chi connectivity index (χ1v) is 13.7. The van der Waals surface area contributed by atoms with E-state index in [0.717, 1.165) is 11.4 Å². The minimum atomic E-state index is -1.53. The molecule has 12 heteroatoms. The molecule has 0 saturated carbocycles. The molecule has 212 valence electrons. The quantitative estimate of drug-likeness (QED) is 0.224. The lowest BCUT2D eigenvalue weighted by molar-refractivity contribution is -0.155. The summed E-state index contributed by atoms with van der Waals surface area (Å²) < 4.78 is 5.54. The molecule has 0 bridgehead atoms. The summed E-state index contributed by atoms with van der Waals surface area (Å²) in [7, 11) is 0. The van der Waals surface area contributed by atoms with Crippen LogP contribution in [0.2, 0.25) is 0 Å². The Balaban J connectivity index is 1.45. The zero-order chi connectivity index (χ0) is 29.0. The van der Waals surface area contributed by atoms with Gasteiger partial charge in [0, 0.05) is 17.8 Å². The predicted octanol–water partition coefficient (Wildman–Crippen LogP) is 2.37. The van der Waals surface area contributed by atoms with E-state index >= 15 is 0 Å². The molecule has 40 heavy (non-hydrogen) atoms. The third-order valence-electron chi connectivity index (χ3n) is 6.87. The number of aromatic nitrogens is 2. The summed E-state index contributed by atoms with van der Waals surface area (Å²) in [4.78, 5) is 50.6. The number of likely N-dealkylation sites (tertiary alicyclic amines) is 1. The fourth-order valence-corrected chi connectivity index (χ4v) is 5.30. The molecule has 4 rings (SSSR count). The Morgan fingerprint density at radius 2 is 1.85 bits per heavy atom. The van der Waals surface area contributed by atoms with Gasteiger partial charge in [-0.2, -0.15) is 0 Å². The van der Waals surface area contributed by atoms with E-state index in [4.69, 9.17) is 4.74 Å². The van der Waals surface area contributed by atoms with Crippen molar-refractivity contribution in [3.8, 4) is 11.5 Å². The number of hydrogen-bond acceptors (Lipinski definition) is 10. The zero-order valence-corrected chi connectivity index (χ0v) is 23.3. The number of ether oxygens (including phenoxy) is 1. The number of aliphatic hydroxyl groups excluding tert-OH is 1. The molecule has 4 N–H and O–H groups in total. The molecule has 0 aliphatic carbocycles. The van der Waals surface area contributed by atoms with Gasteiger partial charge < -0.3 is 30.3 Å². The fraction of sp³-hybridized carbons (Fsp3) is 0.393. The highest BCUT2D eigenvalue weighted by atomic mass is 32.1. The SMILES string of the molecule is Cc1nc(C)c(COC(=O)C2CCCN2C(=O)C(NC(=O)C(O)Cc2ccc(O)c(O)c2)c2cccs2)nc1C. The minimum Gasteiger partial charge on any atom is -0.504 e. The second kappa shape index (κ2) is 12.4. The van der Waals surface area contributed by atoms with Crippen LogP contribution in [-0.4, -0.2) is 66.7 Å². The highest BCUT2D eigenvalue weighted by molar-refractivity contribution is 7.10. The number of esters is 1. The van der Waals surface area contributed by atoms with E-state index in [9.17, 15) is 29.7 Å². The maximum Gasteiger partial charge on any atom is 0.329 e. The fourth-order valence-electron chi connectivity index (χ4n) is 4.54. The Morgan fingerprint density at radius 1 is 1.10 bits per heavy atom. The first-order valence-electron chi connectivity index (χ1n) is 12.9. The van der Waals surface area contributed by atoms with Crippen LogP contribution >= 0.6 is 11.3 Å². The molecule has 3 atom stereocenters. The van der Waals surface area contributed by atoms with Crippen LogP contribution in [0.5, 0.6) is 11.5 Å². The third-order valence-corrected chi connectivity index (χ3v) is 7.81. The van der Waals surface area contributed by atoms with Gasteiger partial charge in [0.2, 0.25) is 5.91 Å². The topological polar surface area (TPSA) is 162 Å². The molecule has 1 fully saturated rings. The molecular formula is C28H32N4O7S. The molecule has 2 amide bonds.